The fraction of sp³-hybridized carbons (Fsp3) is 0.152. The van der Waals surface area contributed by atoms with Crippen LogP contribution in [-0.4, -0.2) is 36.4 Å². The Morgan fingerprint density at radius 1 is 0.860 bits per heavy atom. The number of nitrogens with one attached hydrogen (secondary N) is 1. The fourth-order valence-corrected chi connectivity index (χ4v) is 4.61. The molecule has 0 saturated heterocycles. The highest BCUT2D eigenvalue weighted by molar-refractivity contribution is 6.05. The largest absolute Gasteiger partial charge is 0.492 e. The predicted octanol–water partition coefficient (Wildman–Crippen LogP) is 7.05. The number of rotatable bonds is 10. The lowest BCUT2D eigenvalue weighted by Crippen LogP contribution is -2.36. The van der Waals surface area contributed by atoms with E-state index in [2.05, 4.69) is 5.32 Å². The van der Waals surface area contributed by atoms with Crippen molar-refractivity contribution in [3.63, 3.8) is 0 Å². The van der Waals surface area contributed by atoms with Crippen molar-refractivity contribution in [3.8, 4) is 5.75 Å². The van der Waals surface area contributed by atoms with Gasteiger partial charge in [0.25, 0.3) is 11.8 Å². The van der Waals surface area contributed by atoms with Crippen LogP contribution in [0.25, 0.3) is 11.0 Å². The minimum atomic E-state index is -4.51. The summed E-state index contributed by atoms with van der Waals surface area (Å²) >= 11 is 0. The summed E-state index contributed by atoms with van der Waals surface area (Å²) in [6.07, 6.45) is -4.53. The molecule has 10 heteroatoms. The molecule has 0 atom stereocenters. The van der Waals surface area contributed by atoms with Crippen molar-refractivity contribution in [3.05, 3.63) is 126 Å². The molecule has 7 nitrogen and oxygen atoms in total. The van der Waals surface area contributed by atoms with E-state index in [1.807, 2.05) is 6.07 Å². The van der Waals surface area contributed by atoms with Gasteiger partial charge in [-0.15, -0.1) is 0 Å². The highest BCUT2D eigenvalue weighted by Crippen LogP contribution is 2.32. The molecular weight excluding hydrogens is 559 g/mol. The first kappa shape index (κ1) is 29.2. The normalized spacial score (nSPS) is 11.3. The first-order valence-electron chi connectivity index (χ1n) is 13.5. The summed E-state index contributed by atoms with van der Waals surface area (Å²) in [6.45, 7) is 0.145. The van der Waals surface area contributed by atoms with Crippen LogP contribution < -0.4 is 15.8 Å². The second-order valence-electron chi connectivity index (χ2n) is 9.76. The van der Waals surface area contributed by atoms with Gasteiger partial charge in [-0.1, -0.05) is 48.5 Å². The van der Waals surface area contributed by atoms with Gasteiger partial charge in [0.1, 0.15) is 17.9 Å². The Balaban J connectivity index is 1.26. The van der Waals surface area contributed by atoms with Gasteiger partial charge in [-0.2, -0.15) is 13.2 Å². The first-order chi connectivity index (χ1) is 20.7. The maximum Gasteiger partial charge on any atom is 0.416 e. The number of halogens is 3. The Bertz CT molecular complexity index is 1700. The number of para-hydroxylation sites is 3. The predicted molar refractivity (Wildman–Crippen MR) is 158 cm³/mol. The molecule has 0 aliphatic rings. The summed E-state index contributed by atoms with van der Waals surface area (Å²) in [5, 5.41) is 3.49. The van der Waals surface area contributed by atoms with Crippen LogP contribution in [-0.2, 0) is 12.6 Å². The quantitative estimate of drug-likeness (QED) is 0.171. The third-order valence-corrected chi connectivity index (χ3v) is 6.85. The SMILES string of the molecule is Nc1ccccc1NC(=O)c1ccc(OCCN(CCc2ccccc2C(F)(F)F)C(=O)c2cc3ccccc3o2)cc1. The number of ether oxygens (including phenoxy) is 1. The molecule has 4 aromatic carbocycles. The molecule has 5 rings (SSSR count). The van der Waals surface area contributed by atoms with Gasteiger partial charge in [-0.05, 0) is 66.6 Å². The van der Waals surface area contributed by atoms with Gasteiger partial charge in [0.2, 0.25) is 0 Å². The maximum atomic E-state index is 13.6. The lowest BCUT2D eigenvalue weighted by atomic mass is 10.0. The molecule has 3 N–H and O–H groups in total. The zero-order valence-electron chi connectivity index (χ0n) is 22.9. The van der Waals surface area contributed by atoms with Gasteiger partial charge in [-0.3, -0.25) is 9.59 Å². The van der Waals surface area contributed by atoms with E-state index in [-0.39, 0.29) is 43.3 Å². The van der Waals surface area contributed by atoms with Crippen LogP contribution >= 0.6 is 0 Å². The molecule has 2 amide bonds. The molecule has 0 fully saturated rings. The zero-order valence-corrected chi connectivity index (χ0v) is 22.9. The Morgan fingerprint density at radius 2 is 1.56 bits per heavy atom. The molecule has 1 aromatic heterocycles. The summed E-state index contributed by atoms with van der Waals surface area (Å²) in [5.41, 5.74) is 7.11. The smallest absolute Gasteiger partial charge is 0.416 e. The zero-order chi connectivity index (χ0) is 30.4. The molecule has 0 unspecified atom stereocenters. The van der Waals surface area contributed by atoms with Crippen molar-refractivity contribution in [2.45, 2.75) is 12.6 Å². The van der Waals surface area contributed by atoms with E-state index in [0.717, 1.165) is 11.5 Å². The minimum absolute atomic E-state index is 0.00799. The lowest BCUT2D eigenvalue weighted by Gasteiger charge is -2.23. The van der Waals surface area contributed by atoms with Crippen molar-refractivity contribution in [2.24, 2.45) is 0 Å². The number of amides is 2. The van der Waals surface area contributed by atoms with E-state index in [0.29, 0.717) is 28.3 Å². The highest BCUT2D eigenvalue weighted by atomic mass is 19.4. The second-order valence-corrected chi connectivity index (χ2v) is 9.76. The number of furan rings is 1. The van der Waals surface area contributed by atoms with Crippen molar-refractivity contribution < 1.29 is 31.9 Å². The number of benzene rings is 4. The Morgan fingerprint density at radius 3 is 2.30 bits per heavy atom. The van der Waals surface area contributed by atoms with Crippen LogP contribution in [0.1, 0.15) is 32.0 Å². The number of hydrogen-bond donors (Lipinski definition) is 2. The number of nitrogens with two attached hydrogens (primary N) is 1. The average Bonchev–Trinajstić information content (AvgIpc) is 3.44. The van der Waals surface area contributed by atoms with E-state index in [4.69, 9.17) is 14.9 Å². The van der Waals surface area contributed by atoms with E-state index in [1.165, 1.54) is 23.1 Å². The fourth-order valence-electron chi connectivity index (χ4n) is 4.61. The molecule has 5 aromatic rings. The van der Waals surface area contributed by atoms with Crippen LogP contribution in [0.2, 0.25) is 0 Å². The molecular formula is C33H28F3N3O4. The topological polar surface area (TPSA) is 97.8 Å². The van der Waals surface area contributed by atoms with E-state index in [9.17, 15) is 22.8 Å². The Hall–Kier alpha value is -5.25. The van der Waals surface area contributed by atoms with Crippen molar-refractivity contribution in [1.82, 2.24) is 4.90 Å². The number of nitrogens with zero attached hydrogens (tertiary/aromatic N) is 1. The number of hydrogen-bond acceptors (Lipinski definition) is 5. The monoisotopic (exact) mass is 587 g/mol. The summed E-state index contributed by atoms with van der Waals surface area (Å²) < 4.78 is 52.3. The van der Waals surface area contributed by atoms with Gasteiger partial charge >= 0.3 is 6.18 Å². The third-order valence-electron chi connectivity index (χ3n) is 6.85. The van der Waals surface area contributed by atoms with E-state index >= 15 is 0 Å². The summed E-state index contributed by atoms with van der Waals surface area (Å²) in [4.78, 5) is 27.5. The molecule has 0 spiro atoms. The Kier molecular flexibility index (Phi) is 8.66. The first-order valence-corrected chi connectivity index (χ1v) is 13.5. The number of carbonyl (C=O) groups excluding carboxylic acids is 2. The molecule has 220 valence electrons. The second kappa shape index (κ2) is 12.7. The van der Waals surface area contributed by atoms with Gasteiger partial charge < -0.3 is 25.1 Å². The number of anilines is 2. The third kappa shape index (κ3) is 7.16. The lowest BCUT2D eigenvalue weighted by molar-refractivity contribution is -0.138. The van der Waals surface area contributed by atoms with Gasteiger partial charge in [-0.25, -0.2) is 0 Å². The average molecular weight is 588 g/mol. The van der Waals surface area contributed by atoms with E-state index in [1.54, 1.807) is 72.8 Å². The minimum Gasteiger partial charge on any atom is -0.492 e. The van der Waals surface area contributed by atoms with Crippen molar-refractivity contribution in [1.29, 1.82) is 0 Å². The van der Waals surface area contributed by atoms with Crippen LogP contribution in [0.5, 0.6) is 5.75 Å². The Labute approximate surface area is 245 Å². The molecule has 0 saturated carbocycles. The molecule has 43 heavy (non-hydrogen) atoms. The molecule has 1 heterocycles. The van der Waals surface area contributed by atoms with Crippen LogP contribution in [0, 0.1) is 0 Å². The summed E-state index contributed by atoms with van der Waals surface area (Å²) in [5.74, 6) is -0.267. The highest BCUT2D eigenvalue weighted by Gasteiger charge is 2.33. The number of alkyl halides is 3. The molecule has 0 bridgehead atoms. The van der Waals surface area contributed by atoms with Gasteiger partial charge in [0.15, 0.2) is 5.76 Å². The summed E-state index contributed by atoms with van der Waals surface area (Å²) in [7, 11) is 0. The van der Waals surface area contributed by atoms with Crippen molar-refractivity contribution in [2.75, 3.05) is 30.7 Å². The standard InChI is InChI=1S/C33H28F3N3O4/c34-33(35,36)26-9-3-1-7-22(26)17-18-39(32(41)30-21-24-8-2-6-12-29(24)43-30)19-20-42-25-15-13-23(14-16-25)31(40)38-28-11-5-4-10-27(28)37/h1-16,21H,17-20,37H2,(H,38,40). The van der Waals surface area contributed by atoms with Crippen LogP contribution in [0.4, 0.5) is 24.5 Å². The van der Waals surface area contributed by atoms with Gasteiger partial charge in [0.05, 0.1) is 23.5 Å². The molecule has 0 aliphatic carbocycles. The molecule has 0 aliphatic heterocycles. The van der Waals surface area contributed by atoms with Crippen molar-refractivity contribution >= 4 is 34.2 Å². The van der Waals surface area contributed by atoms with E-state index < -0.39 is 17.6 Å². The van der Waals surface area contributed by atoms with Gasteiger partial charge in [0, 0.05) is 17.5 Å². The van der Waals surface area contributed by atoms with Crippen LogP contribution in [0.15, 0.2) is 108 Å². The number of carbonyl (C=O) groups is 2. The number of fused-ring (bicyclic) bond motifs is 1. The van der Waals surface area contributed by atoms with Crippen LogP contribution in [0.3, 0.4) is 0 Å². The summed E-state index contributed by atoms with van der Waals surface area (Å²) in [6, 6.07) is 27.4. The maximum absolute atomic E-state index is 13.6. The number of nitrogen functional groups attached to an aromatic ring is 1. The molecule has 0 radical (unpaired) electrons.